The van der Waals surface area contributed by atoms with Crippen LogP contribution in [0.1, 0.15) is 12.1 Å². The van der Waals surface area contributed by atoms with Gasteiger partial charge in [0.2, 0.25) is 0 Å². The Bertz CT molecular complexity index is 695. The van der Waals surface area contributed by atoms with Crippen LogP contribution in [0.15, 0.2) is 6.20 Å². The number of aliphatic hydroxyl groups is 2. The summed E-state index contributed by atoms with van der Waals surface area (Å²) in [5.41, 5.74) is 0.379. The average molecular weight is 461 g/mol. The summed E-state index contributed by atoms with van der Waals surface area (Å²) in [6, 6.07) is 0. The van der Waals surface area contributed by atoms with Crippen molar-refractivity contribution < 1.29 is 47.3 Å². The van der Waals surface area contributed by atoms with Crippen LogP contribution in [0, 0.1) is 0 Å². The fourth-order valence-electron chi connectivity index (χ4n) is 2.35. The molecule has 1 heterocycles. The van der Waals surface area contributed by atoms with E-state index in [1.54, 1.807) is 6.20 Å². The van der Waals surface area contributed by atoms with E-state index < -0.39 is 26.7 Å². The van der Waals surface area contributed by atoms with Crippen LogP contribution < -0.4 is 0 Å². The maximum Gasteiger partial charge on any atom is 0.374 e. The number of ether oxygens (including phenoxy) is 2. The van der Waals surface area contributed by atoms with Gasteiger partial charge in [0.15, 0.2) is 0 Å². The Morgan fingerprint density at radius 2 is 1.69 bits per heavy atom. The zero-order chi connectivity index (χ0) is 22.0. The van der Waals surface area contributed by atoms with E-state index in [0.29, 0.717) is 32.1 Å². The predicted octanol–water partition coefficient (Wildman–Crippen LogP) is 0.200. The lowest BCUT2D eigenvalue weighted by atomic mass is 10.2. The van der Waals surface area contributed by atoms with Crippen LogP contribution in [-0.4, -0.2) is 89.5 Å². The molecule has 13 nitrogen and oxygen atoms in total. The molecule has 0 aliphatic rings. The van der Waals surface area contributed by atoms with Crippen molar-refractivity contribution in [2.45, 2.75) is 24.5 Å². The third-order valence-corrected chi connectivity index (χ3v) is 9.17. The van der Waals surface area contributed by atoms with Crippen molar-refractivity contribution in [1.82, 2.24) is 15.0 Å². The summed E-state index contributed by atoms with van der Waals surface area (Å²) in [5, 5.41) is 24.3. The maximum absolute atomic E-state index is 12.7. The van der Waals surface area contributed by atoms with Crippen LogP contribution in [0.3, 0.4) is 0 Å². The largest absolute Gasteiger partial charge is 0.394 e. The molecular weight excluding hydrogens is 432 g/mol. The highest BCUT2D eigenvalue weighted by Crippen LogP contribution is 2.75. The summed E-state index contributed by atoms with van der Waals surface area (Å²) in [4.78, 5) is 10.0. The predicted molar refractivity (Wildman–Crippen MR) is 100 cm³/mol. The van der Waals surface area contributed by atoms with Crippen molar-refractivity contribution in [3.63, 3.8) is 0 Å². The van der Waals surface area contributed by atoms with Gasteiger partial charge >= 0.3 is 15.2 Å². The topological polar surface area (TPSA) is 172 Å². The molecule has 29 heavy (non-hydrogen) atoms. The monoisotopic (exact) mass is 461 g/mol. The van der Waals surface area contributed by atoms with E-state index in [1.807, 2.05) is 0 Å². The summed E-state index contributed by atoms with van der Waals surface area (Å²) < 4.78 is 50.9. The van der Waals surface area contributed by atoms with Gasteiger partial charge in [0, 0.05) is 33.9 Å². The molecule has 0 saturated carbocycles. The van der Waals surface area contributed by atoms with Crippen molar-refractivity contribution in [1.29, 1.82) is 0 Å². The molecule has 15 heteroatoms. The van der Waals surface area contributed by atoms with Gasteiger partial charge in [0.25, 0.3) is 5.08 Å². The molecule has 1 rings (SSSR count). The van der Waals surface area contributed by atoms with E-state index in [2.05, 4.69) is 14.8 Å². The molecule has 0 aliphatic heterocycles. The van der Waals surface area contributed by atoms with E-state index in [9.17, 15) is 19.1 Å². The summed E-state index contributed by atoms with van der Waals surface area (Å²) in [6.07, 6.45) is 1.04. The first kappa shape index (κ1) is 26.3. The number of aromatic nitrogens is 3. The molecule has 0 aromatic carbocycles. The molecule has 0 amide bonds. The van der Waals surface area contributed by atoms with Crippen molar-refractivity contribution >= 4 is 15.2 Å². The molecule has 2 atom stereocenters. The molecule has 0 bridgehead atoms. The van der Waals surface area contributed by atoms with Crippen molar-refractivity contribution in [2.24, 2.45) is 0 Å². The number of aryl methyl sites for hydroxylation is 1. The smallest absolute Gasteiger partial charge is 0.374 e. The molecule has 0 aliphatic carbocycles. The van der Waals surface area contributed by atoms with Crippen molar-refractivity contribution in [3.8, 4) is 0 Å². The highest BCUT2D eigenvalue weighted by molar-refractivity contribution is 7.73. The SMILES string of the molecule is COP(=O)(O)C(O)(CCc1cn(CCOCCOCCO)nn1)P(=O)(OC)OC. The molecule has 0 fully saturated rings. The van der Waals surface area contributed by atoms with E-state index in [0.717, 1.165) is 21.3 Å². The second-order valence-corrected chi connectivity index (χ2v) is 10.7. The first-order valence-electron chi connectivity index (χ1n) is 8.67. The number of aliphatic hydroxyl groups excluding tert-OH is 1. The first-order valence-corrected chi connectivity index (χ1v) is 11.8. The van der Waals surface area contributed by atoms with Crippen LogP contribution in [0.25, 0.3) is 0 Å². The van der Waals surface area contributed by atoms with Crippen LogP contribution in [0.4, 0.5) is 0 Å². The molecule has 2 unspecified atom stereocenters. The van der Waals surface area contributed by atoms with Gasteiger partial charge in [-0.2, -0.15) is 0 Å². The lowest BCUT2D eigenvalue weighted by Gasteiger charge is -2.34. The fourth-order valence-corrected chi connectivity index (χ4v) is 6.13. The van der Waals surface area contributed by atoms with Gasteiger partial charge in [-0.05, 0) is 6.42 Å². The Balaban J connectivity index is 2.66. The second-order valence-electron chi connectivity index (χ2n) is 5.76. The summed E-state index contributed by atoms with van der Waals surface area (Å²) in [5.74, 6) is 0. The van der Waals surface area contributed by atoms with E-state index in [1.165, 1.54) is 4.68 Å². The molecule has 170 valence electrons. The van der Waals surface area contributed by atoms with Crippen molar-refractivity contribution in [2.75, 3.05) is 54.4 Å². The van der Waals surface area contributed by atoms with Gasteiger partial charge in [-0.15, -0.1) is 5.10 Å². The minimum absolute atomic E-state index is 0.0445. The molecule has 3 N–H and O–H groups in total. The summed E-state index contributed by atoms with van der Waals surface area (Å²) in [7, 11) is -6.26. The number of rotatable bonds is 16. The van der Waals surface area contributed by atoms with Crippen LogP contribution in [0.5, 0.6) is 0 Å². The first-order chi connectivity index (χ1) is 13.7. The van der Waals surface area contributed by atoms with E-state index in [-0.39, 0.29) is 19.6 Å². The third kappa shape index (κ3) is 6.90. The third-order valence-electron chi connectivity index (χ3n) is 3.99. The molecule has 1 aromatic rings. The van der Waals surface area contributed by atoms with Gasteiger partial charge in [0.1, 0.15) is 0 Å². The van der Waals surface area contributed by atoms with E-state index in [4.69, 9.17) is 23.6 Å². The normalized spacial score (nSPS) is 16.5. The molecule has 0 radical (unpaired) electrons. The van der Waals surface area contributed by atoms with Crippen LogP contribution in [0.2, 0.25) is 0 Å². The van der Waals surface area contributed by atoms with Crippen LogP contribution >= 0.6 is 15.2 Å². The molecule has 0 saturated heterocycles. The minimum Gasteiger partial charge on any atom is -0.394 e. The number of hydrogen-bond acceptors (Lipinski definition) is 11. The highest BCUT2D eigenvalue weighted by atomic mass is 31.2. The Labute approximate surface area is 168 Å². The van der Waals surface area contributed by atoms with E-state index >= 15 is 0 Å². The molecule has 1 aromatic heterocycles. The van der Waals surface area contributed by atoms with Gasteiger partial charge in [-0.1, -0.05) is 5.21 Å². The Morgan fingerprint density at radius 3 is 2.24 bits per heavy atom. The Kier molecular flexibility index (Phi) is 11.1. The Hall–Kier alpha value is -0.720. The fraction of sp³-hybridized carbons (Fsp3) is 0.857. The van der Waals surface area contributed by atoms with Gasteiger partial charge in [-0.3, -0.25) is 9.13 Å². The maximum atomic E-state index is 12.7. The zero-order valence-corrected chi connectivity index (χ0v) is 18.5. The number of hydrogen-bond donors (Lipinski definition) is 3. The van der Waals surface area contributed by atoms with Crippen LogP contribution in [-0.2, 0) is 45.1 Å². The highest BCUT2D eigenvalue weighted by Gasteiger charge is 2.62. The lowest BCUT2D eigenvalue weighted by Crippen LogP contribution is -2.31. The number of nitrogens with zero attached hydrogens (tertiary/aromatic N) is 3. The standard InChI is InChI=1S/C14H29N3O10P2/c1-23-28(20,21)14(19,29(22,24-2)25-3)5-4-13-12-17(16-15-13)6-8-26-10-11-27-9-7-18/h12,18-19H,4-11H2,1-3H3,(H,20,21). The summed E-state index contributed by atoms with van der Waals surface area (Å²) in [6.45, 7) is 1.67. The second kappa shape index (κ2) is 12.2. The van der Waals surface area contributed by atoms with Crippen molar-refractivity contribution in [3.05, 3.63) is 11.9 Å². The summed E-state index contributed by atoms with van der Waals surface area (Å²) >= 11 is 0. The Morgan fingerprint density at radius 1 is 1.07 bits per heavy atom. The van der Waals surface area contributed by atoms with Gasteiger partial charge in [-0.25, -0.2) is 4.68 Å². The minimum atomic E-state index is -4.77. The zero-order valence-electron chi connectivity index (χ0n) is 16.7. The molecule has 0 spiro atoms. The van der Waals surface area contributed by atoms with Gasteiger partial charge < -0.3 is 38.2 Å². The molecular formula is C14H29N3O10P2. The van der Waals surface area contributed by atoms with Gasteiger partial charge in [0.05, 0.1) is 45.3 Å². The quantitative estimate of drug-likeness (QED) is 0.226. The lowest BCUT2D eigenvalue weighted by molar-refractivity contribution is 0.0302. The average Bonchev–Trinajstić information content (AvgIpc) is 3.18.